The second kappa shape index (κ2) is 9.40. The van der Waals surface area contributed by atoms with Crippen LogP contribution in [0.1, 0.15) is 25.8 Å². The number of carbonyl (C=O) groups excluding carboxylic acids is 2. The summed E-state index contributed by atoms with van der Waals surface area (Å²) in [5.41, 5.74) is 0.845. The van der Waals surface area contributed by atoms with Crippen LogP contribution in [-0.2, 0) is 11.3 Å². The molecule has 1 N–H and O–H groups in total. The Labute approximate surface area is 130 Å². The maximum Gasteiger partial charge on any atom is 0.418 e. The number of hydrogen-bond donors (Lipinski definition) is 1. The smallest absolute Gasteiger partial charge is 0.418 e. The highest BCUT2D eigenvalue weighted by Crippen LogP contribution is 2.07. The van der Waals surface area contributed by atoms with Crippen molar-refractivity contribution in [2.45, 2.75) is 26.9 Å². The van der Waals surface area contributed by atoms with Crippen LogP contribution in [0, 0.1) is 17.2 Å². The van der Waals surface area contributed by atoms with Crippen molar-refractivity contribution in [2.24, 2.45) is 5.92 Å². The van der Waals surface area contributed by atoms with Crippen molar-refractivity contribution in [1.29, 1.82) is 5.26 Å². The molecule has 0 unspecified atom stereocenters. The number of rotatable bonds is 6. The number of urea groups is 1. The van der Waals surface area contributed by atoms with Crippen LogP contribution in [0.5, 0.6) is 0 Å². The first-order valence-electron chi connectivity index (χ1n) is 7.17. The summed E-state index contributed by atoms with van der Waals surface area (Å²) in [6.07, 6.45) is -0.0413. The minimum atomic E-state index is -0.708. The minimum absolute atomic E-state index is 0.101. The first kappa shape index (κ1) is 17.5. The van der Waals surface area contributed by atoms with Crippen LogP contribution in [0.25, 0.3) is 0 Å². The van der Waals surface area contributed by atoms with E-state index in [1.165, 1.54) is 0 Å². The Hall–Kier alpha value is -2.55. The third kappa shape index (κ3) is 6.27. The molecule has 0 radical (unpaired) electrons. The normalized spacial score (nSPS) is 9.91. The maximum atomic E-state index is 12.1. The van der Waals surface area contributed by atoms with Gasteiger partial charge in [-0.3, -0.25) is 0 Å². The molecule has 0 aliphatic carbocycles. The summed E-state index contributed by atoms with van der Waals surface area (Å²) >= 11 is 0. The van der Waals surface area contributed by atoms with E-state index >= 15 is 0 Å². The van der Waals surface area contributed by atoms with Gasteiger partial charge in [0.25, 0.3) is 0 Å². The molecule has 118 valence electrons. The average molecular weight is 303 g/mol. The summed E-state index contributed by atoms with van der Waals surface area (Å²) in [5.74, 6) is 0.341. The van der Waals surface area contributed by atoms with E-state index in [0.717, 1.165) is 10.5 Å². The van der Waals surface area contributed by atoms with Crippen LogP contribution in [0.3, 0.4) is 0 Å². The third-order valence-corrected chi connectivity index (χ3v) is 2.92. The highest BCUT2D eigenvalue weighted by Gasteiger charge is 2.22. The fraction of sp³-hybridized carbons (Fsp3) is 0.438. The van der Waals surface area contributed by atoms with E-state index in [-0.39, 0.29) is 19.7 Å². The molecule has 1 aromatic carbocycles. The van der Waals surface area contributed by atoms with E-state index in [1.807, 2.05) is 44.2 Å². The largest absolute Gasteiger partial charge is 0.444 e. The number of hydrogen-bond acceptors (Lipinski definition) is 4. The number of nitrogens with zero attached hydrogens (tertiary/aromatic N) is 2. The Bertz CT molecular complexity index is 523. The molecule has 0 atom stereocenters. The summed E-state index contributed by atoms with van der Waals surface area (Å²) in [5, 5.41) is 10.9. The summed E-state index contributed by atoms with van der Waals surface area (Å²) in [6.45, 7) is 4.20. The molecule has 1 rings (SSSR count). The topological polar surface area (TPSA) is 82.4 Å². The van der Waals surface area contributed by atoms with E-state index < -0.39 is 12.1 Å². The van der Waals surface area contributed by atoms with E-state index in [1.54, 1.807) is 6.07 Å². The standard InChI is InChI=1S/C16H21N3O3/c1-13(2)8-11-19(15(20)18-10-9-17)16(21)22-12-14-6-4-3-5-7-14/h3-7,13H,8,10-12H2,1-2H3,(H,18,20). The molecule has 6 heteroatoms. The number of amides is 3. The van der Waals surface area contributed by atoms with E-state index in [9.17, 15) is 9.59 Å². The van der Waals surface area contributed by atoms with Gasteiger partial charge in [0.2, 0.25) is 0 Å². The lowest BCUT2D eigenvalue weighted by molar-refractivity contribution is 0.103. The molecule has 0 fully saturated rings. The van der Waals surface area contributed by atoms with Crippen molar-refractivity contribution < 1.29 is 14.3 Å². The Kier molecular flexibility index (Phi) is 7.48. The van der Waals surface area contributed by atoms with Crippen LogP contribution < -0.4 is 5.32 Å². The van der Waals surface area contributed by atoms with Gasteiger partial charge < -0.3 is 10.1 Å². The first-order valence-corrected chi connectivity index (χ1v) is 7.17. The van der Waals surface area contributed by atoms with E-state index in [0.29, 0.717) is 12.3 Å². The maximum absolute atomic E-state index is 12.1. The summed E-state index contributed by atoms with van der Waals surface area (Å²) in [7, 11) is 0. The van der Waals surface area contributed by atoms with Gasteiger partial charge in [0, 0.05) is 6.54 Å². The van der Waals surface area contributed by atoms with E-state index in [2.05, 4.69) is 5.32 Å². The number of imide groups is 1. The first-order chi connectivity index (χ1) is 10.5. The van der Waals surface area contributed by atoms with Crippen molar-refractivity contribution in [3.05, 3.63) is 35.9 Å². The van der Waals surface area contributed by atoms with Gasteiger partial charge in [-0.1, -0.05) is 44.2 Å². The molecule has 22 heavy (non-hydrogen) atoms. The fourth-order valence-electron chi connectivity index (χ4n) is 1.67. The van der Waals surface area contributed by atoms with Gasteiger partial charge in [-0.2, -0.15) is 5.26 Å². The predicted molar refractivity (Wildman–Crippen MR) is 81.8 cm³/mol. The summed E-state index contributed by atoms with van der Waals surface area (Å²) < 4.78 is 5.17. The lowest BCUT2D eigenvalue weighted by atomic mass is 10.1. The zero-order valence-corrected chi connectivity index (χ0v) is 12.9. The van der Waals surface area contributed by atoms with Gasteiger partial charge in [0.15, 0.2) is 0 Å². The van der Waals surface area contributed by atoms with Crippen LogP contribution in [0.2, 0.25) is 0 Å². The van der Waals surface area contributed by atoms with Crippen molar-refractivity contribution in [3.8, 4) is 6.07 Å². The molecule has 3 amide bonds. The quantitative estimate of drug-likeness (QED) is 0.819. The molecule has 0 bridgehead atoms. The van der Waals surface area contributed by atoms with Crippen LogP contribution in [-0.4, -0.2) is 30.1 Å². The molecule has 0 saturated carbocycles. The molecule has 6 nitrogen and oxygen atoms in total. The third-order valence-electron chi connectivity index (χ3n) is 2.92. The number of ether oxygens (including phenoxy) is 1. The number of nitrogens with one attached hydrogen (secondary N) is 1. The highest BCUT2D eigenvalue weighted by atomic mass is 16.6. The van der Waals surface area contributed by atoms with Crippen molar-refractivity contribution in [3.63, 3.8) is 0 Å². The lowest BCUT2D eigenvalue weighted by Gasteiger charge is -2.21. The molecule has 0 heterocycles. The molecule has 0 saturated heterocycles. The molecular weight excluding hydrogens is 282 g/mol. The van der Waals surface area contributed by atoms with Gasteiger partial charge in [-0.05, 0) is 17.9 Å². The molecular formula is C16H21N3O3. The summed E-state index contributed by atoms with van der Waals surface area (Å²) in [4.78, 5) is 25.0. The molecule has 1 aromatic rings. The monoisotopic (exact) mass is 303 g/mol. The predicted octanol–water partition coefficient (Wildman–Crippen LogP) is 2.90. The molecule has 0 aliphatic rings. The highest BCUT2D eigenvalue weighted by molar-refractivity contribution is 5.90. The SMILES string of the molecule is CC(C)CCN(C(=O)NCC#N)C(=O)OCc1ccccc1. The van der Waals surface area contributed by atoms with Crippen molar-refractivity contribution >= 4 is 12.1 Å². The van der Waals surface area contributed by atoms with E-state index in [4.69, 9.17) is 10.00 Å². The minimum Gasteiger partial charge on any atom is -0.444 e. The van der Waals surface area contributed by atoms with Gasteiger partial charge in [0.05, 0.1) is 6.07 Å². The van der Waals surface area contributed by atoms with Gasteiger partial charge in [0.1, 0.15) is 13.2 Å². The van der Waals surface area contributed by atoms with Gasteiger partial charge in [-0.25, -0.2) is 14.5 Å². The van der Waals surface area contributed by atoms with Gasteiger partial charge >= 0.3 is 12.1 Å². The second-order valence-corrected chi connectivity index (χ2v) is 5.19. The Morgan fingerprint density at radius 3 is 2.59 bits per heavy atom. The Morgan fingerprint density at radius 1 is 1.32 bits per heavy atom. The lowest BCUT2D eigenvalue weighted by Crippen LogP contribution is -2.45. The van der Waals surface area contributed by atoms with Crippen molar-refractivity contribution in [2.75, 3.05) is 13.1 Å². The Balaban J connectivity index is 2.61. The molecule has 0 aromatic heterocycles. The average Bonchev–Trinajstić information content (AvgIpc) is 2.51. The molecule has 0 aliphatic heterocycles. The Morgan fingerprint density at radius 2 is 2.00 bits per heavy atom. The van der Waals surface area contributed by atoms with Gasteiger partial charge in [-0.15, -0.1) is 0 Å². The number of carbonyl (C=O) groups is 2. The number of benzene rings is 1. The summed E-state index contributed by atoms with van der Waals surface area (Å²) in [6, 6.07) is 10.4. The zero-order valence-electron chi connectivity index (χ0n) is 12.9. The van der Waals surface area contributed by atoms with Crippen molar-refractivity contribution in [1.82, 2.24) is 10.2 Å². The fourth-order valence-corrected chi connectivity index (χ4v) is 1.67. The second-order valence-electron chi connectivity index (χ2n) is 5.19. The number of nitriles is 1. The van der Waals surface area contributed by atoms with Crippen LogP contribution in [0.4, 0.5) is 9.59 Å². The van der Waals surface area contributed by atoms with Crippen LogP contribution in [0.15, 0.2) is 30.3 Å². The molecule has 0 spiro atoms. The van der Waals surface area contributed by atoms with Crippen LogP contribution >= 0.6 is 0 Å². The zero-order chi connectivity index (χ0) is 16.4.